The number of amides is 1. The van der Waals surface area contributed by atoms with Gasteiger partial charge in [0.05, 0.1) is 11.2 Å². The van der Waals surface area contributed by atoms with E-state index in [-0.39, 0.29) is 6.54 Å². The quantitative estimate of drug-likeness (QED) is 0.809. The summed E-state index contributed by atoms with van der Waals surface area (Å²) in [5.41, 5.74) is -0.821. The third-order valence-corrected chi connectivity index (χ3v) is 4.15. The van der Waals surface area contributed by atoms with E-state index in [0.29, 0.717) is 11.3 Å². The molecule has 2 N–H and O–H groups in total. The van der Waals surface area contributed by atoms with Crippen LogP contribution < -0.4 is 5.32 Å². The van der Waals surface area contributed by atoms with Gasteiger partial charge in [0.2, 0.25) is 0 Å². The fourth-order valence-electron chi connectivity index (χ4n) is 2.15. The van der Waals surface area contributed by atoms with Crippen LogP contribution in [0.25, 0.3) is 6.08 Å². The van der Waals surface area contributed by atoms with Crippen LogP contribution in [0.3, 0.4) is 0 Å². The minimum Gasteiger partial charge on any atom is -0.444 e. The molecule has 8 nitrogen and oxygen atoms in total. The Balaban J connectivity index is 2.14. The van der Waals surface area contributed by atoms with Crippen molar-refractivity contribution in [1.29, 1.82) is 0 Å². The molecule has 2 heterocycles. The van der Waals surface area contributed by atoms with Gasteiger partial charge in [-0.2, -0.15) is 5.10 Å². The first-order valence-electron chi connectivity index (χ1n) is 8.28. The molecule has 0 aliphatic carbocycles. The third kappa shape index (κ3) is 5.05. The highest BCUT2D eigenvalue weighted by Crippen LogP contribution is 2.38. The van der Waals surface area contributed by atoms with Crippen LogP contribution >= 0.6 is 0 Å². The smallest absolute Gasteiger partial charge is 0.444 e. The highest BCUT2D eigenvalue weighted by atomic mass is 16.7. The normalized spacial score (nSPS) is 19.8. The summed E-state index contributed by atoms with van der Waals surface area (Å²) < 4.78 is 17.4. The van der Waals surface area contributed by atoms with Crippen LogP contribution in [0.15, 0.2) is 11.8 Å². The van der Waals surface area contributed by atoms with Crippen LogP contribution in [-0.4, -0.2) is 51.7 Å². The second-order valence-corrected chi connectivity index (χ2v) is 8.03. The van der Waals surface area contributed by atoms with Crippen molar-refractivity contribution < 1.29 is 18.8 Å². The van der Waals surface area contributed by atoms with Gasteiger partial charge in [0.1, 0.15) is 17.8 Å². The zero-order chi connectivity index (χ0) is 18.9. The second-order valence-electron chi connectivity index (χ2n) is 8.03. The number of nitrogens with zero attached hydrogens (tertiary/aromatic N) is 2. The van der Waals surface area contributed by atoms with Gasteiger partial charge in [-0.25, -0.2) is 9.78 Å². The summed E-state index contributed by atoms with van der Waals surface area (Å²) in [5.74, 6) is 0.552. The SMILES string of the molecule is CC(C)(C)OC(=O)NCC(=Cc1ncn[nH]1)B1OC(C)(C)C(C)(C)O1. The van der Waals surface area contributed by atoms with E-state index in [1.54, 1.807) is 6.08 Å². The summed E-state index contributed by atoms with van der Waals surface area (Å²) in [6.07, 6.45) is 2.66. The van der Waals surface area contributed by atoms with E-state index in [4.69, 9.17) is 14.0 Å². The lowest BCUT2D eigenvalue weighted by Gasteiger charge is -2.32. The number of aromatic amines is 1. The van der Waals surface area contributed by atoms with Crippen molar-refractivity contribution in [3.05, 3.63) is 17.6 Å². The van der Waals surface area contributed by atoms with Gasteiger partial charge in [0.25, 0.3) is 0 Å². The molecule has 138 valence electrons. The predicted molar refractivity (Wildman–Crippen MR) is 94.7 cm³/mol. The van der Waals surface area contributed by atoms with Gasteiger partial charge in [0.15, 0.2) is 0 Å². The first kappa shape index (κ1) is 19.5. The molecule has 9 heteroatoms. The maximum atomic E-state index is 12.0. The van der Waals surface area contributed by atoms with Crippen LogP contribution in [0.1, 0.15) is 54.3 Å². The zero-order valence-electron chi connectivity index (χ0n) is 16.0. The molecule has 0 saturated carbocycles. The van der Waals surface area contributed by atoms with E-state index in [9.17, 15) is 4.79 Å². The Morgan fingerprint density at radius 1 is 1.32 bits per heavy atom. The minimum absolute atomic E-state index is 0.201. The lowest BCUT2D eigenvalue weighted by molar-refractivity contribution is 0.00578. The van der Waals surface area contributed by atoms with Crippen molar-refractivity contribution in [3.8, 4) is 0 Å². The van der Waals surface area contributed by atoms with Gasteiger partial charge < -0.3 is 19.4 Å². The lowest BCUT2D eigenvalue weighted by Crippen LogP contribution is -2.41. The lowest BCUT2D eigenvalue weighted by atomic mass is 9.77. The molecule has 1 fully saturated rings. The fourth-order valence-corrected chi connectivity index (χ4v) is 2.15. The molecule has 1 amide bonds. The molecule has 1 aliphatic rings. The number of H-pyrrole nitrogens is 1. The highest BCUT2D eigenvalue weighted by molar-refractivity contribution is 6.55. The van der Waals surface area contributed by atoms with Crippen molar-refractivity contribution in [2.24, 2.45) is 0 Å². The summed E-state index contributed by atoms with van der Waals surface area (Å²) in [4.78, 5) is 16.0. The number of alkyl carbamates (subject to hydrolysis) is 1. The number of carbonyl (C=O) groups excluding carboxylic acids is 1. The molecule has 1 aromatic heterocycles. The molecular formula is C16H27BN4O4. The molecule has 1 aromatic rings. The first-order chi connectivity index (χ1) is 11.4. The Hall–Kier alpha value is -1.87. The largest absolute Gasteiger partial charge is 0.492 e. The molecule has 0 unspecified atom stereocenters. The van der Waals surface area contributed by atoms with Crippen molar-refractivity contribution in [2.75, 3.05) is 6.54 Å². The van der Waals surface area contributed by atoms with Gasteiger partial charge in [-0.1, -0.05) is 0 Å². The fraction of sp³-hybridized carbons (Fsp3) is 0.688. The number of rotatable bonds is 4. The topological polar surface area (TPSA) is 98.4 Å². The molecule has 2 rings (SSSR count). The molecule has 0 aromatic carbocycles. The average Bonchev–Trinajstić information content (AvgIpc) is 2.99. The Bertz CT molecular complexity index is 619. The Kier molecular flexibility index (Phi) is 5.29. The number of nitrogens with one attached hydrogen (secondary N) is 2. The third-order valence-electron chi connectivity index (χ3n) is 4.15. The summed E-state index contributed by atoms with van der Waals surface area (Å²) in [6.45, 7) is 13.5. The standard InChI is InChI=1S/C16H27BN4O4/c1-14(2,3)23-13(22)18-9-11(8-12-19-10-20-21-12)17-24-15(4,5)16(6,7)25-17/h8,10H,9H2,1-7H3,(H,18,22)(H,19,20,21). The van der Waals surface area contributed by atoms with E-state index in [2.05, 4.69) is 20.5 Å². The Morgan fingerprint density at radius 2 is 1.92 bits per heavy atom. The van der Waals surface area contributed by atoms with Gasteiger partial charge in [-0.15, -0.1) is 0 Å². The van der Waals surface area contributed by atoms with E-state index < -0.39 is 30.0 Å². The maximum Gasteiger partial charge on any atom is 0.492 e. The molecule has 1 aliphatic heterocycles. The number of hydrogen-bond donors (Lipinski definition) is 2. The van der Waals surface area contributed by atoms with E-state index in [0.717, 1.165) is 0 Å². The number of ether oxygens (including phenoxy) is 1. The molecular weight excluding hydrogens is 323 g/mol. The number of carbonyl (C=O) groups is 1. The predicted octanol–water partition coefficient (Wildman–Crippen LogP) is 2.34. The van der Waals surface area contributed by atoms with Crippen molar-refractivity contribution >= 4 is 19.3 Å². The maximum absolute atomic E-state index is 12.0. The highest BCUT2D eigenvalue weighted by Gasteiger charge is 2.52. The summed E-state index contributed by atoms with van der Waals surface area (Å²) in [5, 5.41) is 9.33. The summed E-state index contributed by atoms with van der Waals surface area (Å²) >= 11 is 0. The minimum atomic E-state index is -0.606. The van der Waals surface area contributed by atoms with E-state index in [1.165, 1.54) is 6.33 Å². The van der Waals surface area contributed by atoms with Crippen LogP contribution in [0.4, 0.5) is 4.79 Å². The van der Waals surface area contributed by atoms with Gasteiger partial charge >= 0.3 is 13.2 Å². The molecule has 0 bridgehead atoms. The molecule has 1 saturated heterocycles. The number of aromatic nitrogens is 3. The molecule has 0 atom stereocenters. The van der Waals surface area contributed by atoms with Crippen LogP contribution in [-0.2, 0) is 14.0 Å². The van der Waals surface area contributed by atoms with Crippen molar-refractivity contribution in [2.45, 2.75) is 65.3 Å². The molecule has 0 spiro atoms. The average molecular weight is 350 g/mol. The first-order valence-corrected chi connectivity index (χ1v) is 8.28. The van der Waals surface area contributed by atoms with Gasteiger partial charge in [-0.05, 0) is 60.0 Å². The Labute approximate surface area is 148 Å². The van der Waals surface area contributed by atoms with Gasteiger partial charge in [0, 0.05) is 6.54 Å². The second kappa shape index (κ2) is 6.80. The van der Waals surface area contributed by atoms with E-state index in [1.807, 2.05) is 48.5 Å². The van der Waals surface area contributed by atoms with Crippen molar-refractivity contribution in [3.63, 3.8) is 0 Å². The number of hydrogen-bond acceptors (Lipinski definition) is 6. The molecule has 0 radical (unpaired) electrons. The van der Waals surface area contributed by atoms with Crippen LogP contribution in [0.2, 0.25) is 0 Å². The molecule has 25 heavy (non-hydrogen) atoms. The van der Waals surface area contributed by atoms with Crippen LogP contribution in [0.5, 0.6) is 0 Å². The summed E-state index contributed by atoms with van der Waals surface area (Å²) in [7, 11) is -0.606. The van der Waals surface area contributed by atoms with Crippen LogP contribution in [0, 0.1) is 0 Å². The zero-order valence-corrected chi connectivity index (χ0v) is 16.0. The summed E-state index contributed by atoms with van der Waals surface area (Å²) in [6, 6.07) is 0. The van der Waals surface area contributed by atoms with Crippen molar-refractivity contribution in [1.82, 2.24) is 20.5 Å². The van der Waals surface area contributed by atoms with E-state index >= 15 is 0 Å². The Morgan fingerprint density at radius 3 is 2.40 bits per heavy atom. The monoisotopic (exact) mass is 350 g/mol. The van der Waals surface area contributed by atoms with Gasteiger partial charge in [-0.3, -0.25) is 5.10 Å².